The van der Waals surface area contributed by atoms with Gasteiger partial charge in [-0.15, -0.1) is 0 Å². The van der Waals surface area contributed by atoms with E-state index in [1.165, 1.54) is 32.2 Å². The molecule has 0 bridgehead atoms. The molecule has 1 N–H and O–H groups in total. The Morgan fingerprint density at radius 3 is 2.00 bits per heavy atom. The number of rotatable bonds is 1. The maximum Gasteiger partial charge on any atom is 0.0107 e. The van der Waals surface area contributed by atoms with Crippen molar-refractivity contribution in [1.82, 2.24) is 5.32 Å². The first kappa shape index (κ1) is 4.80. The standard InChI is InChI=1S/C7H13N/c1-2-6(3-1)7-4-5-8-7/h6-8H,1-5H2. The molecule has 1 aliphatic carbocycles. The first-order chi connectivity index (χ1) is 3.97. The van der Waals surface area contributed by atoms with Crippen LogP contribution in [0.15, 0.2) is 0 Å². The molecular formula is C7H13N. The Morgan fingerprint density at radius 2 is 1.88 bits per heavy atom. The van der Waals surface area contributed by atoms with Crippen LogP contribution in [-0.4, -0.2) is 12.6 Å². The van der Waals surface area contributed by atoms with Crippen molar-refractivity contribution in [2.24, 2.45) is 5.92 Å². The number of hydrogen-bond acceptors (Lipinski definition) is 1. The van der Waals surface area contributed by atoms with Crippen molar-refractivity contribution < 1.29 is 0 Å². The van der Waals surface area contributed by atoms with Crippen LogP contribution in [0.1, 0.15) is 25.7 Å². The van der Waals surface area contributed by atoms with Gasteiger partial charge in [0.15, 0.2) is 0 Å². The highest BCUT2D eigenvalue weighted by Gasteiger charge is 2.30. The Labute approximate surface area is 50.5 Å². The van der Waals surface area contributed by atoms with Crippen LogP contribution in [0.25, 0.3) is 0 Å². The lowest BCUT2D eigenvalue weighted by Gasteiger charge is -2.40. The molecule has 1 atom stereocenters. The second-order valence-corrected chi connectivity index (χ2v) is 3.04. The number of hydrogen-bond donors (Lipinski definition) is 1. The fraction of sp³-hybridized carbons (Fsp3) is 1.00. The maximum atomic E-state index is 3.45. The third-order valence-electron chi connectivity index (χ3n) is 2.58. The summed E-state index contributed by atoms with van der Waals surface area (Å²) in [6.07, 6.45) is 5.93. The molecule has 1 saturated heterocycles. The van der Waals surface area contributed by atoms with Crippen molar-refractivity contribution in [3.05, 3.63) is 0 Å². The molecule has 1 heteroatoms. The van der Waals surface area contributed by atoms with Crippen molar-refractivity contribution >= 4 is 0 Å². The molecule has 8 heavy (non-hydrogen) atoms. The summed E-state index contributed by atoms with van der Waals surface area (Å²) in [6.45, 7) is 1.28. The van der Waals surface area contributed by atoms with Crippen LogP contribution in [0.4, 0.5) is 0 Å². The minimum atomic E-state index is 0.934. The highest BCUT2D eigenvalue weighted by atomic mass is 15.0. The van der Waals surface area contributed by atoms with E-state index < -0.39 is 0 Å². The average Bonchev–Trinajstić information content (AvgIpc) is 1.47. The van der Waals surface area contributed by atoms with E-state index >= 15 is 0 Å². The molecule has 2 fully saturated rings. The zero-order valence-corrected chi connectivity index (χ0v) is 5.19. The summed E-state index contributed by atoms with van der Waals surface area (Å²) in [5, 5.41) is 3.45. The lowest BCUT2D eigenvalue weighted by atomic mass is 9.76. The summed E-state index contributed by atoms with van der Waals surface area (Å²) in [7, 11) is 0. The van der Waals surface area contributed by atoms with Crippen LogP contribution in [0.3, 0.4) is 0 Å². The van der Waals surface area contributed by atoms with Gasteiger partial charge >= 0.3 is 0 Å². The molecule has 1 saturated carbocycles. The Hall–Kier alpha value is -0.0400. The Morgan fingerprint density at radius 1 is 1.12 bits per heavy atom. The predicted octanol–water partition coefficient (Wildman–Crippen LogP) is 1.15. The van der Waals surface area contributed by atoms with Gasteiger partial charge < -0.3 is 5.32 Å². The highest BCUT2D eigenvalue weighted by Crippen LogP contribution is 2.32. The van der Waals surface area contributed by atoms with E-state index in [9.17, 15) is 0 Å². The average molecular weight is 111 g/mol. The fourth-order valence-electron chi connectivity index (χ4n) is 1.56. The van der Waals surface area contributed by atoms with E-state index in [-0.39, 0.29) is 0 Å². The van der Waals surface area contributed by atoms with Gasteiger partial charge in [0.1, 0.15) is 0 Å². The van der Waals surface area contributed by atoms with E-state index in [0.29, 0.717) is 0 Å². The Bertz CT molecular complexity index is 70.4. The zero-order chi connectivity index (χ0) is 5.40. The van der Waals surface area contributed by atoms with Gasteiger partial charge in [0, 0.05) is 6.04 Å². The second-order valence-electron chi connectivity index (χ2n) is 3.04. The molecule has 1 unspecified atom stereocenters. The van der Waals surface area contributed by atoms with Gasteiger partial charge in [0.05, 0.1) is 0 Å². The highest BCUT2D eigenvalue weighted by molar-refractivity contribution is 4.88. The summed E-state index contributed by atoms with van der Waals surface area (Å²) in [5.74, 6) is 1.07. The predicted molar refractivity (Wildman–Crippen MR) is 33.7 cm³/mol. The van der Waals surface area contributed by atoms with Crippen LogP contribution in [0, 0.1) is 5.92 Å². The van der Waals surface area contributed by atoms with Gasteiger partial charge in [0.2, 0.25) is 0 Å². The molecule has 46 valence electrons. The topological polar surface area (TPSA) is 12.0 Å². The van der Waals surface area contributed by atoms with E-state index in [1.54, 1.807) is 0 Å². The first-order valence-electron chi connectivity index (χ1n) is 3.70. The molecule has 2 rings (SSSR count). The SMILES string of the molecule is C1CC(C2CCN2)C1. The molecule has 0 radical (unpaired) electrons. The van der Waals surface area contributed by atoms with E-state index in [2.05, 4.69) is 5.32 Å². The number of nitrogens with one attached hydrogen (secondary N) is 1. The van der Waals surface area contributed by atoms with Gasteiger partial charge in [-0.25, -0.2) is 0 Å². The molecule has 0 aromatic rings. The molecule has 0 aromatic heterocycles. The molecule has 1 heterocycles. The van der Waals surface area contributed by atoms with Gasteiger partial charge in [-0.3, -0.25) is 0 Å². The fourth-order valence-corrected chi connectivity index (χ4v) is 1.56. The van der Waals surface area contributed by atoms with Crippen LogP contribution in [0.5, 0.6) is 0 Å². The lowest BCUT2D eigenvalue weighted by molar-refractivity contribution is 0.174. The molecule has 0 amide bonds. The molecular weight excluding hydrogens is 98.1 g/mol. The molecule has 1 aliphatic heterocycles. The molecule has 2 aliphatic rings. The van der Waals surface area contributed by atoms with Crippen molar-refractivity contribution in [1.29, 1.82) is 0 Å². The zero-order valence-electron chi connectivity index (χ0n) is 5.19. The van der Waals surface area contributed by atoms with E-state index in [0.717, 1.165) is 12.0 Å². The van der Waals surface area contributed by atoms with Crippen molar-refractivity contribution in [2.75, 3.05) is 6.54 Å². The third-order valence-corrected chi connectivity index (χ3v) is 2.58. The summed E-state index contributed by atoms with van der Waals surface area (Å²) in [6, 6.07) is 0.934. The van der Waals surface area contributed by atoms with E-state index in [4.69, 9.17) is 0 Å². The van der Waals surface area contributed by atoms with Crippen LogP contribution >= 0.6 is 0 Å². The molecule has 0 spiro atoms. The monoisotopic (exact) mass is 111 g/mol. The van der Waals surface area contributed by atoms with Gasteiger partial charge in [-0.05, 0) is 31.7 Å². The minimum Gasteiger partial charge on any atom is -0.314 e. The van der Waals surface area contributed by atoms with Crippen molar-refractivity contribution in [3.8, 4) is 0 Å². The lowest BCUT2D eigenvalue weighted by Crippen LogP contribution is -2.49. The van der Waals surface area contributed by atoms with E-state index in [1.807, 2.05) is 0 Å². The van der Waals surface area contributed by atoms with Gasteiger partial charge in [0.25, 0.3) is 0 Å². The minimum absolute atomic E-state index is 0.934. The largest absolute Gasteiger partial charge is 0.314 e. The third kappa shape index (κ3) is 0.576. The second kappa shape index (κ2) is 1.73. The summed E-state index contributed by atoms with van der Waals surface area (Å²) in [5.41, 5.74) is 0. The summed E-state index contributed by atoms with van der Waals surface area (Å²) >= 11 is 0. The summed E-state index contributed by atoms with van der Waals surface area (Å²) < 4.78 is 0. The first-order valence-corrected chi connectivity index (χ1v) is 3.70. The van der Waals surface area contributed by atoms with Gasteiger partial charge in [-0.2, -0.15) is 0 Å². The van der Waals surface area contributed by atoms with Crippen LogP contribution in [-0.2, 0) is 0 Å². The van der Waals surface area contributed by atoms with Gasteiger partial charge in [-0.1, -0.05) is 6.42 Å². The quantitative estimate of drug-likeness (QED) is 0.535. The molecule has 0 aromatic carbocycles. The smallest absolute Gasteiger partial charge is 0.0107 e. The maximum absolute atomic E-state index is 3.45. The summed E-state index contributed by atoms with van der Waals surface area (Å²) in [4.78, 5) is 0. The molecule has 1 nitrogen and oxygen atoms in total. The van der Waals surface area contributed by atoms with Crippen molar-refractivity contribution in [2.45, 2.75) is 31.7 Å². The normalized spacial score (nSPS) is 38.2. The Kier molecular flexibility index (Phi) is 1.04. The Balaban J connectivity index is 1.79. The van der Waals surface area contributed by atoms with Crippen LogP contribution < -0.4 is 5.32 Å². The van der Waals surface area contributed by atoms with Crippen molar-refractivity contribution in [3.63, 3.8) is 0 Å². The van der Waals surface area contributed by atoms with Crippen LogP contribution in [0.2, 0.25) is 0 Å².